The van der Waals surface area contributed by atoms with Gasteiger partial charge in [0.15, 0.2) is 12.3 Å². The number of anilines is 2. The summed E-state index contributed by atoms with van der Waals surface area (Å²) in [5.41, 5.74) is 9.92. The lowest BCUT2D eigenvalue weighted by molar-refractivity contribution is -0.148. The van der Waals surface area contributed by atoms with Crippen molar-refractivity contribution >= 4 is 66.7 Å². The van der Waals surface area contributed by atoms with Gasteiger partial charge in [-0.3, -0.25) is 19.2 Å². The molecule has 4 aliphatic rings. The zero-order valence-corrected chi connectivity index (χ0v) is 40.7. The number of Topliss-reactive ketones (excluding diaryl/α,β-unsaturated/α-hetero) is 1. The van der Waals surface area contributed by atoms with Crippen LogP contribution >= 0.6 is 0 Å². The molecule has 5 N–H and O–H groups in total. The van der Waals surface area contributed by atoms with Crippen molar-refractivity contribution in [1.82, 2.24) is 18.4 Å². The summed E-state index contributed by atoms with van der Waals surface area (Å²) >= 11 is 0. The summed E-state index contributed by atoms with van der Waals surface area (Å²) in [5.74, 6) is 1.17. The third kappa shape index (κ3) is 11.2. The van der Waals surface area contributed by atoms with Gasteiger partial charge < -0.3 is 35.1 Å². The molecular formula is C46H54N8O13S2. The molecule has 21 nitrogen and oxygen atoms in total. The maximum atomic E-state index is 12.7. The minimum Gasteiger partial charge on any atom is -0.479 e. The number of rotatable bonds is 12. The normalized spacial score (nSPS) is 16.0. The molecule has 4 heterocycles. The van der Waals surface area contributed by atoms with Gasteiger partial charge in [-0.1, -0.05) is 29.4 Å². The maximum absolute atomic E-state index is 12.7. The average molecular weight is 991 g/mol. The van der Waals surface area contributed by atoms with Crippen LogP contribution in [0.15, 0.2) is 75.6 Å². The first-order valence-electron chi connectivity index (χ1n) is 21.5. The molecule has 4 aromatic carbocycles. The molecule has 0 saturated carbocycles. The van der Waals surface area contributed by atoms with E-state index >= 15 is 0 Å². The zero-order chi connectivity index (χ0) is 50.5. The van der Waals surface area contributed by atoms with Gasteiger partial charge in [-0.05, 0) is 115 Å². The minimum absolute atomic E-state index is 0.0772. The molecule has 69 heavy (non-hydrogen) atoms. The van der Waals surface area contributed by atoms with Crippen LogP contribution in [0.2, 0.25) is 0 Å². The third-order valence-corrected chi connectivity index (χ3v) is 15.2. The lowest BCUT2D eigenvalue weighted by atomic mass is 9.87. The number of carbonyl (C=O) groups excluding carboxylic acids is 4. The number of ether oxygens (including phenoxy) is 1. The Morgan fingerprint density at radius 3 is 1.57 bits per heavy atom. The first-order valence-corrected chi connectivity index (χ1v) is 24.4. The molecule has 0 unspecified atom stereocenters. The predicted octanol–water partition coefficient (Wildman–Crippen LogP) is 2.52. The molecule has 4 aromatic rings. The van der Waals surface area contributed by atoms with E-state index in [1.807, 2.05) is 20.2 Å². The number of benzene rings is 4. The number of nitrogens with two attached hydrogens (primary N) is 1. The Kier molecular flexibility index (Phi) is 16.2. The van der Waals surface area contributed by atoms with Gasteiger partial charge in [0.1, 0.15) is 0 Å². The van der Waals surface area contributed by atoms with Gasteiger partial charge in [0.25, 0.3) is 17.6 Å². The summed E-state index contributed by atoms with van der Waals surface area (Å²) in [6.07, 6.45) is 1.56. The van der Waals surface area contributed by atoms with Gasteiger partial charge in [-0.2, -0.15) is 0 Å². The van der Waals surface area contributed by atoms with Crippen LogP contribution in [0, 0.1) is 0 Å². The van der Waals surface area contributed by atoms with Gasteiger partial charge in [0.2, 0.25) is 26.7 Å². The van der Waals surface area contributed by atoms with Crippen molar-refractivity contribution in [2.24, 2.45) is 11.1 Å². The fourth-order valence-corrected chi connectivity index (χ4v) is 9.89. The van der Waals surface area contributed by atoms with Crippen molar-refractivity contribution in [2.75, 3.05) is 85.8 Å². The Hall–Kier alpha value is -6.44. The quantitative estimate of drug-likeness (QED) is 0.0902. The summed E-state index contributed by atoms with van der Waals surface area (Å²) in [4.78, 5) is 71.5. The van der Waals surface area contributed by atoms with E-state index in [4.69, 9.17) is 14.7 Å². The summed E-state index contributed by atoms with van der Waals surface area (Å²) in [7, 11) is 2.92. The number of ketones is 1. The molecular weight excluding hydrogens is 937 g/mol. The highest BCUT2D eigenvalue weighted by molar-refractivity contribution is 7.89. The Morgan fingerprint density at radius 2 is 1.14 bits per heavy atom. The monoisotopic (exact) mass is 990 g/mol. The molecule has 8 rings (SSSR count). The van der Waals surface area contributed by atoms with Gasteiger partial charge in [-0.15, -0.1) is 0 Å². The molecule has 0 bridgehead atoms. The highest BCUT2D eigenvalue weighted by atomic mass is 32.2. The Bertz CT molecular complexity index is 2940. The topological polar surface area (TPSA) is 277 Å². The Balaban J connectivity index is 0.000000206. The molecule has 368 valence electrons. The second-order valence-corrected chi connectivity index (χ2v) is 21.0. The SMILES string of the molecule is CCOC(=O)CO/N=C1\C(=O)Nc2c1cc(-c1ccc(S(=O)(=O)N(C)C)cc1)c1c2CN(C)CC1.CN1CCc2c(-c3ccc(S(=O)(=O)N(C)C)cc3)cc3c(c2C1)NC(=O)C3=O.NOCC(=O)O. The highest BCUT2D eigenvalue weighted by Crippen LogP contribution is 2.42. The second-order valence-electron chi connectivity index (χ2n) is 16.7. The van der Waals surface area contributed by atoms with Crippen molar-refractivity contribution in [3.63, 3.8) is 0 Å². The van der Waals surface area contributed by atoms with Crippen molar-refractivity contribution < 1.29 is 60.3 Å². The minimum atomic E-state index is -3.55. The molecule has 0 spiro atoms. The van der Waals surface area contributed by atoms with Crippen molar-refractivity contribution in [2.45, 2.75) is 42.6 Å². The number of nitrogens with zero attached hydrogens (tertiary/aromatic N) is 5. The Labute approximate surface area is 399 Å². The zero-order valence-electron chi connectivity index (χ0n) is 39.1. The van der Waals surface area contributed by atoms with Crippen molar-refractivity contribution in [1.29, 1.82) is 0 Å². The summed E-state index contributed by atoms with van der Waals surface area (Å²) in [5, 5.41) is 17.3. The van der Waals surface area contributed by atoms with Gasteiger partial charge in [-0.25, -0.2) is 40.9 Å². The van der Waals surface area contributed by atoms with Gasteiger partial charge >= 0.3 is 11.9 Å². The van der Waals surface area contributed by atoms with E-state index in [-0.39, 0.29) is 22.1 Å². The van der Waals surface area contributed by atoms with Crippen LogP contribution < -0.4 is 16.5 Å². The number of carboxylic acids is 1. The molecule has 0 saturated heterocycles. The first-order chi connectivity index (χ1) is 32.6. The highest BCUT2D eigenvalue weighted by Gasteiger charge is 2.36. The van der Waals surface area contributed by atoms with E-state index in [1.54, 1.807) is 61.5 Å². The predicted molar refractivity (Wildman–Crippen MR) is 254 cm³/mol. The number of sulfonamides is 2. The molecule has 4 aliphatic heterocycles. The van der Waals surface area contributed by atoms with E-state index in [2.05, 4.69) is 36.3 Å². The summed E-state index contributed by atoms with van der Waals surface area (Å²) in [6.45, 7) is 4.08. The standard InChI is InChI=1S/C24H28N4O6S.C20H21N3O4S.C2H5NO3/c1-5-33-21(29)14-34-26-23-19-12-18(15-6-8-16(9-7-15)35(31,32)27(2)3)17-10-11-28(4)13-20(17)22(19)25-24(23)30;1-22(2)28(26,27)13-6-4-12(5-7-13)15-10-16-18(21-20(25)19(16)24)17-11-23(3)9-8-14(15)17;3-6-1-2(4)5/h6-9,12H,5,10-11,13-14H2,1-4H3,(H,25,26,30);4-7,10H,8-9,11H2,1-3H3,(H,21,24,25);1,3H2,(H,4,5). The number of esters is 1. The summed E-state index contributed by atoms with van der Waals surface area (Å²) < 4.78 is 56.8. The number of oxime groups is 1. The van der Waals surface area contributed by atoms with Gasteiger partial charge in [0.05, 0.1) is 33.3 Å². The molecule has 2 amide bonds. The molecule has 0 aromatic heterocycles. The second kappa shape index (κ2) is 21.5. The largest absolute Gasteiger partial charge is 0.479 e. The molecule has 23 heteroatoms. The number of aliphatic carboxylic acids is 1. The van der Waals surface area contributed by atoms with Crippen LogP contribution in [0.4, 0.5) is 11.4 Å². The van der Waals surface area contributed by atoms with E-state index in [0.29, 0.717) is 35.6 Å². The van der Waals surface area contributed by atoms with Crippen molar-refractivity contribution in [3.8, 4) is 22.3 Å². The number of carboxylic acid groups (broad SMARTS) is 1. The number of nitrogens with one attached hydrogen (secondary N) is 2. The molecule has 0 fully saturated rings. The number of likely N-dealkylation sites (N-methyl/N-ethyl adjacent to an activating group) is 2. The third-order valence-electron chi connectivity index (χ3n) is 11.6. The fourth-order valence-electron chi connectivity index (χ4n) is 8.09. The number of amides is 2. The lowest BCUT2D eigenvalue weighted by Crippen LogP contribution is -2.27. The van der Waals surface area contributed by atoms with E-state index in [0.717, 1.165) is 70.4 Å². The molecule has 0 atom stereocenters. The van der Waals surface area contributed by atoms with E-state index < -0.39 is 62.8 Å². The number of carbonyl (C=O) groups is 5. The molecule has 0 radical (unpaired) electrons. The number of hydrogen-bond donors (Lipinski definition) is 4. The van der Waals surface area contributed by atoms with Crippen LogP contribution in [-0.2, 0) is 79.6 Å². The van der Waals surface area contributed by atoms with Crippen LogP contribution in [0.25, 0.3) is 22.3 Å². The van der Waals surface area contributed by atoms with E-state index in [9.17, 15) is 40.8 Å². The van der Waals surface area contributed by atoms with E-state index in [1.165, 1.54) is 36.8 Å². The maximum Gasteiger partial charge on any atom is 0.347 e. The number of fused-ring (bicyclic) bond motifs is 6. The smallest absolute Gasteiger partial charge is 0.347 e. The lowest BCUT2D eigenvalue weighted by Gasteiger charge is -2.29. The van der Waals surface area contributed by atoms with Gasteiger partial charge in [0, 0.05) is 59.9 Å². The fraction of sp³-hybridized carbons (Fsp3) is 0.348. The Morgan fingerprint density at radius 1 is 0.696 bits per heavy atom. The van der Waals surface area contributed by atoms with Crippen LogP contribution in [0.3, 0.4) is 0 Å². The van der Waals surface area contributed by atoms with Crippen LogP contribution in [0.5, 0.6) is 0 Å². The van der Waals surface area contributed by atoms with Crippen molar-refractivity contribution in [3.05, 3.63) is 94.0 Å². The van der Waals surface area contributed by atoms with Crippen LogP contribution in [0.1, 0.15) is 45.1 Å². The number of hydrogen-bond acceptors (Lipinski definition) is 16. The summed E-state index contributed by atoms with van der Waals surface area (Å²) in [6, 6.07) is 17.0. The first kappa shape index (κ1) is 51.9. The van der Waals surface area contributed by atoms with Crippen LogP contribution in [-0.4, -0.2) is 151 Å². The average Bonchev–Trinajstić information content (AvgIpc) is 3.79. The molecule has 0 aliphatic carbocycles.